The number of nitrogens with two attached hydrogens (primary N) is 1. The minimum Gasteiger partial charge on any atom is -0.383 e. The highest BCUT2D eigenvalue weighted by Gasteiger charge is 2.21. The van der Waals surface area contributed by atoms with Crippen LogP contribution in [0.4, 0.5) is 11.5 Å². The average Bonchev–Trinajstić information content (AvgIpc) is 3.03. The number of nitrogen functional groups attached to an aromatic ring is 1. The van der Waals surface area contributed by atoms with Crippen molar-refractivity contribution >= 4 is 22.5 Å². The Labute approximate surface area is 163 Å². The maximum atomic E-state index is 9.77. The van der Waals surface area contributed by atoms with Gasteiger partial charge in [0.15, 0.2) is 5.65 Å². The number of hydrogen-bond donors (Lipinski definition) is 1. The number of rotatable bonds is 3. The van der Waals surface area contributed by atoms with Crippen molar-refractivity contribution in [3.8, 4) is 22.9 Å². The summed E-state index contributed by atoms with van der Waals surface area (Å²) in [4.78, 5) is 6.55. The molecule has 0 unspecified atom stereocenters. The lowest BCUT2D eigenvalue weighted by Gasteiger charge is -2.14. The van der Waals surface area contributed by atoms with Gasteiger partial charge in [-0.15, -0.1) is 0 Å². The van der Waals surface area contributed by atoms with Crippen molar-refractivity contribution in [1.82, 2.24) is 14.8 Å². The molecule has 0 aliphatic carbocycles. The SMILES string of the molecule is Cc1nn(-c2ccccc2)c2nc(N)c(C#N)c(-c3ccc(N(C)C)cc3)c12. The minimum atomic E-state index is 0.207. The zero-order chi connectivity index (χ0) is 19.8. The van der Waals surface area contributed by atoms with Crippen molar-refractivity contribution in [3.05, 3.63) is 65.9 Å². The zero-order valence-corrected chi connectivity index (χ0v) is 16.0. The van der Waals surface area contributed by atoms with Gasteiger partial charge in [-0.3, -0.25) is 0 Å². The largest absolute Gasteiger partial charge is 0.383 e. The molecule has 2 N–H and O–H groups in total. The molecule has 0 bridgehead atoms. The quantitative estimate of drug-likeness (QED) is 0.593. The molecule has 6 nitrogen and oxygen atoms in total. The summed E-state index contributed by atoms with van der Waals surface area (Å²) in [7, 11) is 3.98. The number of benzene rings is 2. The molecule has 138 valence electrons. The van der Waals surface area contributed by atoms with E-state index in [9.17, 15) is 5.26 Å². The monoisotopic (exact) mass is 368 g/mol. The molecule has 2 aromatic carbocycles. The predicted octanol–water partition coefficient (Wildman–Crippen LogP) is 3.92. The van der Waals surface area contributed by atoms with Crippen molar-refractivity contribution in [1.29, 1.82) is 5.26 Å². The van der Waals surface area contributed by atoms with E-state index in [0.29, 0.717) is 11.2 Å². The Morgan fingerprint density at radius 1 is 1.04 bits per heavy atom. The first kappa shape index (κ1) is 17.6. The first-order valence-electron chi connectivity index (χ1n) is 8.93. The van der Waals surface area contributed by atoms with Crippen LogP contribution in [0.2, 0.25) is 0 Å². The summed E-state index contributed by atoms with van der Waals surface area (Å²) in [5.74, 6) is 0.207. The second-order valence-electron chi connectivity index (χ2n) is 6.83. The Balaban J connectivity index is 2.05. The van der Waals surface area contributed by atoms with Crippen molar-refractivity contribution in [3.63, 3.8) is 0 Å². The summed E-state index contributed by atoms with van der Waals surface area (Å²) < 4.78 is 1.78. The molecule has 0 radical (unpaired) electrons. The minimum absolute atomic E-state index is 0.207. The maximum absolute atomic E-state index is 9.77. The Kier molecular flexibility index (Phi) is 4.21. The van der Waals surface area contributed by atoms with Gasteiger partial charge in [0.2, 0.25) is 0 Å². The first-order valence-corrected chi connectivity index (χ1v) is 8.93. The summed E-state index contributed by atoms with van der Waals surface area (Å²) in [6, 6.07) is 20.1. The Hall–Kier alpha value is -3.85. The van der Waals surface area contributed by atoms with Gasteiger partial charge in [0, 0.05) is 25.3 Å². The van der Waals surface area contributed by atoms with Gasteiger partial charge in [0.05, 0.1) is 16.8 Å². The molecule has 6 heteroatoms. The van der Waals surface area contributed by atoms with Crippen molar-refractivity contribution in [2.45, 2.75) is 6.92 Å². The number of fused-ring (bicyclic) bond motifs is 1. The molecule has 0 saturated carbocycles. The molecule has 0 atom stereocenters. The molecule has 4 rings (SSSR count). The Morgan fingerprint density at radius 3 is 2.32 bits per heavy atom. The van der Waals surface area contributed by atoms with Gasteiger partial charge in [0.25, 0.3) is 0 Å². The van der Waals surface area contributed by atoms with E-state index in [1.54, 1.807) is 4.68 Å². The van der Waals surface area contributed by atoms with Gasteiger partial charge in [-0.1, -0.05) is 30.3 Å². The summed E-state index contributed by atoms with van der Waals surface area (Å²) in [5.41, 5.74) is 11.7. The van der Waals surface area contributed by atoms with E-state index >= 15 is 0 Å². The van der Waals surface area contributed by atoms with Gasteiger partial charge in [-0.05, 0) is 36.8 Å². The van der Waals surface area contributed by atoms with Crippen LogP contribution in [0.1, 0.15) is 11.3 Å². The number of aryl methyl sites for hydroxylation is 1. The number of pyridine rings is 1. The van der Waals surface area contributed by atoms with E-state index in [4.69, 9.17) is 5.73 Å². The maximum Gasteiger partial charge on any atom is 0.166 e. The third kappa shape index (κ3) is 2.74. The second-order valence-corrected chi connectivity index (χ2v) is 6.83. The lowest BCUT2D eigenvalue weighted by Crippen LogP contribution is -2.08. The molecular weight excluding hydrogens is 348 g/mol. The molecule has 0 aliphatic heterocycles. The predicted molar refractivity (Wildman–Crippen MR) is 112 cm³/mol. The van der Waals surface area contributed by atoms with Crippen LogP contribution in [-0.4, -0.2) is 28.9 Å². The summed E-state index contributed by atoms with van der Waals surface area (Å²) in [6.45, 7) is 1.93. The van der Waals surface area contributed by atoms with Crippen molar-refractivity contribution in [2.24, 2.45) is 0 Å². The third-order valence-corrected chi connectivity index (χ3v) is 4.80. The Bertz CT molecular complexity index is 1200. The van der Waals surface area contributed by atoms with Crippen LogP contribution in [0, 0.1) is 18.3 Å². The van der Waals surface area contributed by atoms with E-state index < -0.39 is 0 Å². The molecular formula is C22H20N6. The molecule has 28 heavy (non-hydrogen) atoms. The lowest BCUT2D eigenvalue weighted by molar-refractivity contribution is 0.878. The smallest absolute Gasteiger partial charge is 0.166 e. The number of para-hydroxylation sites is 1. The highest BCUT2D eigenvalue weighted by atomic mass is 15.3. The molecule has 0 aliphatic rings. The number of nitriles is 1. The highest BCUT2D eigenvalue weighted by molar-refractivity contribution is 6.00. The second kappa shape index (κ2) is 6.71. The molecule has 4 aromatic rings. The molecule has 2 aromatic heterocycles. The van der Waals surface area contributed by atoms with Gasteiger partial charge >= 0.3 is 0 Å². The van der Waals surface area contributed by atoms with Crippen LogP contribution in [0.3, 0.4) is 0 Å². The summed E-state index contributed by atoms with van der Waals surface area (Å²) in [6.07, 6.45) is 0. The standard InChI is InChI=1S/C22H20N6/c1-14-19-20(15-9-11-16(12-10-15)27(2)3)18(13-23)21(24)25-22(19)28(26-14)17-7-5-4-6-8-17/h4-12H,1-3H3,(H2,24,25). The van der Waals surface area contributed by atoms with E-state index in [2.05, 4.69) is 16.2 Å². The third-order valence-electron chi connectivity index (χ3n) is 4.80. The van der Waals surface area contributed by atoms with Crippen LogP contribution in [0.5, 0.6) is 0 Å². The highest BCUT2D eigenvalue weighted by Crippen LogP contribution is 2.37. The molecule has 2 heterocycles. The van der Waals surface area contributed by atoms with Crippen LogP contribution >= 0.6 is 0 Å². The topological polar surface area (TPSA) is 83.8 Å². The fourth-order valence-electron chi connectivity index (χ4n) is 3.41. The molecule has 0 amide bonds. The molecule has 0 spiro atoms. The van der Waals surface area contributed by atoms with Crippen LogP contribution in [0.15, 0.2) is 54.6 Å². The molecule has 0 fully saturated rings. The summed E-state index contributed by atoms with van der Waals surface area (Å²) in [5, 5.41) is 15.3. The van der Waals surface area contributed by atoms with Crippen LogP contribution in [-0.2, 0) is 0 Å². The zero-order valence-electron chi connectivity index (χ0n) is 16.0. The lowest BCUT2D eigenvalue weighted by atomic mass is 9.96. The van der Waals surface area contributed by atoms with Crippen molar-refractivity contribution in [2.75, 3.05) is 24.7 Å². The number of anilines is 2. The van der Waals surface area contributed by atoms with E-state index in [-0.39, 0.29) is 5.82 Å². The van der Waals surface area contributed by atoms with Crippen molar-refractivity contribution < 1.29 is 0 Å². The molecule has 0 saturated heterocycles. The fourth-order valence-corrected chi connectivity index (χ4v) is 3.41. The van der Waals surface area contributed by atoms with E-state index in [0.717, 1.165) is 33.6 Å². The van der Waals surface area contributed by atoms with Gasteiger partial charge in [-0.2, -0.15) is 10.4 Å². The van der Waals surface area contributed by atoms with Gasteiger partial charge < -0.3 is 10.6 Å². The van der Waals surface area contributed by atoms with E-state index in [1.165, 1.54) is 0 Å². The first-order chi connectivity index (χ1) is 13.5. The summed E-state index contributed by atoms with van der Waals surface area (Å²) >= 11 is 0. The van der Waals surface area contributed by atoms with Gasteiger partial charge in [0.1, 0.15) is 17.5 Å². The van der Waals surface area contributed by atoms with E-state index in [1.807, 2.05) is 80.5 Å². The normalized spacial score (nSPS) is 10.8. The number of aromatic nitrogens is 3. The Morgan fingerprint density at radius 2 is 1.71 bits per heavy atom. The number of hydrogen-bond acceptors (Lipinski definition) is 5. The van der Waals surface area contributed by atoms with Crippen LogP contribution < -0.4 is 10.6 Å². The van der Waals surface area contributed by atoms with Gasteiger partial charge in [-0.25, -0.2) is 9.67 Å². The average molecular weight is 368 g/mol. The number of nitrogens with zero attached hydrogens (tertiary/aromatic N) is 5. The fraction of sp³-hybridized carbons (Fsp3) is 0.136. The van der Waals surface area contributed by atoms with Crippen LogP contribution in [0.25, 0.3) is 27.8 Å².